The number of aliphatic hydroxyl groups is 2. The van der Waals surface area contributed by atoms with Crippen molar-refractivity contribution in [2.75, 3.05) is 6.61 Å². The Morgan fingerprint density at radius 2 is 1.78 bits per heavy atom. The van der Waals surface area contributed by atoms with Gasteiger partial charge in [0.15, 0.2) is 17.4 Å². The van der Waals surface area contributed by atoms with Crippen LogP contribution in [0, 0.1) is 17.6 Å². The molecule has 0 bridgehead atoms. The lowest BCUT2D eigenvalue weighted by atomic mass is 9.94. The standard InChI is InChI=1S/C13H18F2O3/c1-8(2)13(3,17)7-18-12-10(14)4-9(6-16)5-11(12)15/h4-5,8,16-17H,6-7H2,1-3H3. The van der Waals surface area contributed by atoms with Crippen molar-refractivity contribution >= 4 is 0 Å². The second kappa shape index (κ2) is 5.63. The minimum atomic E-state index is -1.17. The van der Waals surface area contributed by atoms with Gasteiger partial charge in [-0.25, -0.2) is 8.78 Å². The second-order valence-corrected chi connectivity index (χ2v) is 4.85. The summed E-state index contributed by atoms with van der Waals surface area (Å²) < 4.78 is 32.0. The van der Waals surface area contributed by atoms with E-state index >= 15 is 0 Å². The average molecular weight is 260 g/mol. The van der Waals surface area contributed by atoms with Gasteiger partial charge in [-0.15, -0.1) is 0 Å². The number of ether oxygens (including phenoxy) is 1. The maximum Gasteiger partial charge on any atom is 0.190 e. The van der Waals surface area contributed by atoms with Crippen LogP contribution >= 0.6 is 0 Å². The normalized spacial score (nSPS) is 14.7. The summed E-state index contributed by atoms with van der Waals surface area (Å²) in [5, 5.41) is 18.7. The first-order chi connectivity index (χ1) is 8.27. The van der Waals surface area contributed by atoms with Crippen LogP contribution in [-0.4, -0.2) is 22.4 Å². The molecule has 0 aliphatic carbocycles. The second-order valence-electron chi connectivity index (χ2n) is 4.85. The summed E-state index contributed by atoms with van der Waals surface area (Å²) in [7, 11) is 0. The van der Waals surface area contributed by atoms with E-state index in [0.29, 0.717) is 0 Å². The van der Waals surface area contributed by atoms with E-state index in [1.54, 1.807) is 13.8 Å². The third-order valence-electron chi connectivity index (χ3n) is 2.99. The molecule has 0 saturated carbocycles. The van der Waals surface area contributed by atoms with Crippen molar-refractivity contribution in [1.29, 1.82) is 0 Å². The lowest BCUT2D eigenvalue weighted by molar-refractivity contribution is -0.0284. The fourth-order valence-corrected chi connectivity index (χ4v) is 1.23. The minimum absolute atomic E-state index is 0.111. The Bertz CT molecular complexity index is 394. The Morgan fingerprint density at radius 1 is 1.28 bits per heavy atom. The smallest absolute Gasteiger partial charge is 0.190 e. The van der Waals surface area contributed by atoms with E-state index in [4.69, 9.17) is 9.84 Å². The van der Waals surface area contributed by atoms with Crippen molar-refractivity contribution < 1.29 is 23.7 Å². The third-order valence-corrected chi connectivity index (χ3v) is 2.99. The Labute approximate surface area is 105 Å². The van der Waals surface area contributed by atoms with Gasteiger partial charge in [-0.2, -0.15) is 0 Å². The topological polar surface area (TPSA) is 49.7 Å². The molecule has 18 heavy (non-hydrogen) atoms. The molecule has 0 radical (unpaired) electrons. The van der Waals surface area contributed by atoms with Gasteiger partial charge >= 0.3 is 0 Å². The highest BCUT2D eigenvalue weighted by Gasteiger charge is 2.27. The van der Waals surface area contributed by atoms with E-state index in [0.717, 1.165) is 12.1 Å². The summed E-state index contributed by atoms with van der Waals surface area (Å²) in [6.45, 7) is 4.44. The van der Waals surface area contributed by atoms with E-state index < -0.39 is 29.6 Å². The predicted molar refractivity (Wildman–Crippen MR) is 63.2 cm³/mol. The molecule has 2 N–H and O–H groups in total. The monoisotopic (exact) mass is 260 g/mol. The lowest BCUT2D eigenvalue weighted by Crippen LogP contribution is -2.38. The molecule has 1 rings (SSSR count). The van der Waals surface area contributed by atoms with Gasteiger partial charge in [0.1, 0.15) is 6.61 Å². The van der Waals surface area contributed by atoms with Crippen LogP contribution in [0.5, 0.6) is 5.75 Å². The quantitative estimate of drug-likeness (QED) is 0.853. The summed E-state index contributed by atoms with van der Waals surface area (Å²) in [4.78, 5) is 0. The van der Waals surface area contributed by atoms with Crippen molar-refractivity contribution in [2.45, 2.75) is 33.0 Å². The van der Waals surface area contributed by atoms with Gasteiger partial charge < -0.3 is 14.9 Å². The fraction of sp³-hybridized carbons (Fsp3) is 0.538. The molecule has 1 unspecified atom stereocenters. The van der Waals surface area contributed by atoms with E-state index in [9.17, 15) is 13.9 Å². The first-order valence-corrected chi connectivity index (χ1v) is 5.72. The van der Waals surface area contributed by atoms with E-state index in [-0.39, 0.29) is 18.1 Å². The Balaban J connectivity index is 2.86. The molecule has 1 aromatic carbocycles. The molecule has 0 amide bonds. The maximum absolute atomic E-state index is 13.5. The molecule has 3 nitrogen and oxygen atoms in total. The fourth-order valence-electron chi connectivity index (χ4n) is 1.23. The van der Waals surface area contributed by atoms with Gasteiger partial charge in [-0.1, -0.05) is 13.8 Å². The summed E-state index contributed by atoms with van der Waals surface area (Å²) in [6, 6.07) is 2.00. The summed E-state index contributed by atoms with van der Waals surface area (Å²) >= 11 is 0. The Hall–Kier alpha value is -1.20. The zero-order chi connectivity index (χ0) is 13.9. The number of halogens is 2. The highest BCUT2D eigenvalue weighted by atomic mass is 19.1. The molecule has 0 heterocycles. The number of benzene rings is 1. The predicted octanol–water partition coefficient (Wildman–Crippen LogP) is 2.24. The number of hydrogen-bond donors (Lipinski definition) is 2. The number of aliphatic hydroxyl groups excluding tert-OH is 1. The molecule has 1 aromatic rings. The van der Waals surface area contributed by atoms with Crippen LogP contribution in [0.1, 0.15) is 26.3 Å². The highest BCUT2D eigenvalue weighted by Crippen LogP contribution is 2.25. The molecular weight excluding hydrogens is 242 g/mol. The van der Waals surface area contributed by atoms with E-state index in [1.165, 1.54) is 6.92 Å². The van der Waals surface area contributed by atoms with Gasteiger partial charge in [0.05, 0.1) is 12.2 Å². The maximum atomic E-state index is 13.5. The number of hydrogen-bond acceptors (Lipinski definition) is 3. The van der Waals surface area contributed by atoms with Crippen LogP contribution in [0.3, 0.4) is 0 Å². The van der Waals surface area contributed by atoms with Crippen molar-refractivity contribution in [2.24, 2.45) is 5.92 Å². The van der Waals surface area contributed by atoms with Crippen LogP contribution in [-0.2, 0) is 6.61 Å². The first-order valence-electron chi connectivity index (χ1n) is 5.72. The zero-order valence-corrected chi connectivity index (χ0v) is 10.7. The van der Waals surface area contributed by atoms with E-state index in [1.807, 2.05) is 0 Å². The minimum Gasteiger partial charge on any atom is -0.485 e. The van der Waals surface area contributed by atoms with Crippen molar-refractivity contribution in [3.63, 3.8) is 0 Å². The van der Waals surface area contributed by atoms with Gasteiger partial charge in [-0.3, -0.25) is 0 Å². The van der Waals surface area contributed by atoms with Gasteiger partial charge in [0.2, 0.25) is 0 Å². The first kappa shape index (κ1) is 14.9. The van der Waals surface area contributed by atoms with Crippen LogP contribution in [0.4, 0.5) is 8.78 Å². The Morgan fingerprint density at radius 3 is 2.17 bits per heavy atom. The highest BCUT2D eigenvalue weighted by molar-refractivity contribution is 5.31. The van der Waals surface area contributed by atoms with Crippen LogP contribution < -0.4 is 4.74 Å². The van der Waals surface area contributed by atoms with Crippen LogP contribution in [0.2, 0.25) is 0 Å². The van der Waals surface area contributed by atoms with Crippen molar-refractivity contribution in [3.8, 4) is 5.75 Å². The summed E-state index contributed by atoms with van der Waals surface area (Å²) in [5.41, 5.74) is -1.04. The number of rotatable bonds is 5. The Kier molecular flexibility index (Phi) is 4.65. The van der Waals surface area contributed by atoms with Gasteiger partial charge in [-0.05, 0) is 30.5 Å². The molecule has 0 spiro atoms. The molecule has 0 fully saturated rings. The average Bonchev–Trinajstić information content (AvgIpc) is 2.27. The SMILES string of the molecule is CC(C)C(C)(O)COc1c(F)cc(CO)cc1F. The summed E-state index contributed by atoms with van der Waals surface area (Å²) in [6.07, 6.45) is 0. The molecule has 5 heteroatoms. The lowest BCUT2D eigenvalue weighted by Gasteiger charge is -2.27. The molecular formula is C13H18F2O3. The zero-order valence-electron chi connectivity index (χ0n) is 10.7. The van der Waals surface area contributed by atoms with Crippen LogP contribution in [0.25, 0.3) is 0 Å². The van der Waals surface area contributed by atoms with Crippen molar-refractivity contribution in [3.05, 3.63) is 29.3 Å². The van der Waals surface area contributed by atoms with E-state index in [2.05, 4.69) is 0 Å². The summed E-state index contributed by atoms with van der Waals surface area (Å²) in [5.74, 6) is -2.43. The molecule has 0 aliphatic rings. The van der Waals surface area contributed by atoms with Crippen LogP contribution in [0.15, 0.2) is 12.1 Å². The molecule has 0 aliphatic heterocycles. The van der Waals surface area contributed by atoms with Gasteiger partial charge in [0.25, 0.3) is 0 Å². The third kappa shape index (κ3) is 3.40. The van der Waals surface area contributed by atoms with Gasteiger partial charge in [0, 0.05) is 0 Å². The molecule has 102 valence electrons. The molecule has 1 atom stereocenters. The molecule has 0 aromatic heterocycles. The van der Waals surface area contributed by atoms with Crippen molar-refractivity contribution in [1.82, 2.24) is 0 Å². The molecule has 0 saturated heterocycles. The largest absolute Gasteiger partial charge is 0.485 e.